The summed E-state index contributed by atoms with van der Waals surface area (Å²) >= 11 is 0. The number of carbonyl (C=O) groups is 1. The smallest absolute Gasteiger partial charge is 0.239 e. The molecule has 148 valence electrons. The van der Waals surface area contributed by atoms with Crippen molar-refractivity contribution < 1.29 is 9.18 Å². The largest absolute Gasteiger partial charge is 0.340 e. The van der Waals surface area contributed by atoms with Crippen molar-refractivity contribution in [1.29, 1.82) is 0 Å². The second kappa shape index (κ2) is 8.25. The minimum Gasteiger partial charge on any atom is -0.340 e. The van der Waals surface area contributed by atoms with Crippen molar-refractivity contribution in [2.45, 2.75) is 38.3 Å². The van der Waals surface area contributed by atoms with Crippen LogP contribution in [0.3, 0.4) is 0 Å². The highest BCUT2D eigenvalue weighted by Crippen LogP contribution is 2.37. The molecule has 27 heavy (non-hydrogen) atoms. The van der Waals surface area contributed by atoms with Crippen LogP contribution in [0.5, 0.6) is 0 Å². The molecule has 1 spiro atoms. The maximum Gasteiger partial charge on any atom is 0.239 e. The monoisotopic (exact) mass is 374 g/mol. The van der Waals surface area contributed by atoms with Gasteiger partial charge in [0, 0.05) is 39.3 Å². The zero-order valence-corrected chi connectivity index (χ0v) is 16.1. The number of hydrogen-bond acceptors (Lipinski definition) is 4. The van der Waals surface area contributed by atoms with Gasteiger partial charge in [0.1, 0.15) is 5.82 Å². The highest BCUT2D eigenvalue weighted by molar-refractivity contribution is 5.82. The molecule has 1 unspecified atom stereocenters. The van der Waals surface area contributed by atoms with Crippen molar-refractivity contribution in [3.8, 4) is 0 Å². The molecule has 0 aliphatic carbocycles. The van der Waals surface area contributed by atoms with Crippen LogP contribution in [0.2, 0.25) is 0 Å². The van der Waals surface area contributed by atoms with E-state index in [2.05, 4.69) is 20.4 Å². The Labute approximate surface area is 161 Å². The van der Waals surface area contributed by atoms with Gasteiger partial charge in [-0.1, -0.05) is 12.1 Å². The van der Waals surface area contributed by atoms with Gasteiger partial charge in [-0.25, -0.2) is 4.39 Å². The number of benzene rings is 1. The summed E-state index contributed by atoms with van der Waals surface area (Å²) in [5.41, 5.74) is 1.45. The van der Waals surface area contributed by atoms with E-state index < -0.39 is 0 Å². The third-order valence-electron chi connectivity index (χ3n) is 6.54. The molecule has 1 aromatic rings. The number of nitrogens with zero attached hydrogens (tertiary/aromatic N) is 2. The topological polar surface area (TPSA) is 47.6 Å². The highest BCUT2D eigenvalue weighted by atomic mass is 19.1. The lowest BCUT2D eigenvalue weighted by Crippen LogP contribution is -2.45. The summed E-state index contributed by atoms with van der Waals surface area (Å²) in [7, 11) is 0. The van der Waals surface area contributed by atoms with Gasteiger partial charge in [0.25, 0.3) is 0 Å². The maximum absolute atomic E-state index is 13.1. The molecule has 4 rings (SSSR count). The first-order valence-electron chi connectivity index (χ1n) is 10.3. The Morgan fingerprint density at radius 3 is 2.67 bits per heavy atom. The van der Waals surface area contributed by atoms with Crippen molar-refractivity contribution in [3.05, 3.63) is 35.6 Å². The second-order valence-electron chi connectivity index (χ2n) is 8.47. The van der Waals surface area contributed by atoms with Crippen molar-refractivity contribution in [1.82, 2.24) is 20.4 Å². The molecule has 0 aromatic heterocycles. The van der Waals surface area contributed by atoms with Crippen LogP contribution < -0.4 is 10.6 Å². The molecule has 3 fully saturated rings. The van der Waals surface area contributed by atoms with Gasteiger partial charge in [-0.2, -0.15) is 0 Å². The van der Waals surface area contributed by atoms with Crippen molar-refractivity contribution >= 4 is 5.91 Å². The molecule has 3 aliphatic heterocycles. The van der Waals surface area contributed by atoms with E-state index in [0.717, 1.165) is 70.8 Å². The first-order chi connectivity index (χ1) is 13.1. The summed E-state index contributed by atoms with van der Waals surface area (Å²) < 4.78 is 13.1. The van der Waals surface area contributed by atoms with Crippen LogP contribution in [-0.4, -0.2) is 67.6 Å². The summed E-state index contributed by atoms with van der Waals surface area (Å²) in [4.78, 5) is 17.5. The van der Waals surface area contributed by atoms with Crippen molar-refractivity contribution in [2.24, 2.45) is 5.41 Å². The van der Waals surface area contributed by atoms with Gasteiger partial charge < -0.3 is 15.5 Å². The van der Waals surface area contributed by atoms with Crippen LogP contribution in [0.25, 0.3) is 0 Å². The summed E-state index contributed by atoms with van der Waals surface area (Å²) in [6, 6.07) is 6.73. The fourth-order valence-corrected chi connectivity index (χ4v) is 4.85. The molecule has 0 saturated carbocycles. The van der Waals surface area contributed by atoms with E-state index in [1.807, 2.05) is 12.1 Å². The molecule has 5 nitrogen and oxygen atoms in total. The summed E-state index contributed by atoms with van der Waals surface area (Å²) in [6.45, 7) is 7.43. The average molecular weight is 375 g/mol. The number of hydrogen-bond donors (Lipinski definition) is 2. The molecule has 3 heterocycles. The van der Waals surface area contributed by atoms with E-state index in [1.54, 1.807) is 0 Å². The Hall–Kier alpha value is -1.50. The van der Waals surface area contributed by atoms with E-state index in [4.69, 9.17) is 0 Å². The zero-order valence-electron chi connectivity index (χ0n) is 16.1. The lowest BCUT2D eigenvalue weighted by molar-refractivity contribution is -0.133. The lowest BCUT2D eigenvalue weighted by Gasteiger charge is -2.33. The van der Waals surface area contributed by atoms with E-state index in [0.29, 0.717) is 5.41 Å². The Balaban J connectivity index is 1.30. The molecular formula is C21H31FN4O. The summed E-state index contributed by atoms with van der Waals surface area (Å²) in [5.74, 6) is 0.0935. The first kappa shape index (κ1) is 18.8. The van der Waals surface area contributed by atoms with Crippen LogP contribution >= 0.6 is 0 Å². The molecule has 1 atom stereocenters. The molecule has 0 bridgehead atoms. The van der Waals surface area contributed by atoms with Gasteiger partial charge in [-0.05, 0) is 61.9 Å². The number of halogens is 1. The van der Waals surface area contributed by atoms with Gasteiger partial charge in [-0.15, -0.1) is 0 Å². The molecule has 0 radical (unpaired) electrons. The van der Waals surface area contributed by atoms with Crippen molar-refractivity contribution in [2.75, 3.05) is 45.8 Å². The number of amides is 1. The maximum atomic E-state index is 13.1. The lowest BCUT2D eigenvalue weighted by atomic mass is 9.77. The van der Waals surface area contributed by atoms with Crippen LogP contribution in [0, 0.1) is 11.2 Å². The first-order valence-corrected chi connectivity index (χ1v) is 10.3. The summed E-state index contributed by atoms with van der Waals surface area (Å²) in [6.07, 6.45) is 4.34. The van der Waals surface area contributed by atoms with Gasteiger partial charge >= 0.3 is 0 Å². The van der Waals surface area contributed by atoms with Gasteiger partial charge in [0.05, 0.1) is 6.04 Å². The molecule has 1 amide bonds. The van der Waals surface area contributed by atoms with Gasteiger partial charge in [-0.3, -0.25) is 9.69 Å². The fraction of sp³-hybridized carbons (Fsp3) is 0.667. The normalized spacial score (nSPS) is 26.3. The van der Waals surface area contributed by atoms with Crippen LogP contribution in [-0.2, 0) is 11.3 Å². The predicted molar refractivity (Wildman–Crippen MR) is 104 cm³/mol. The standard InChI is InChI=1S/C21H31FN4O/c22-18-4-2-17(3-5-18)15-25-10-1-11-26(13-12-25)20(27)19-14-21(16-24-19)6-8-23-9-7-21/h2-5,19,23-24H,1,6-16H2. The van der Waals surface area contributed by atoms with Crippen LogP contribution in [0.1, 0.15) is 31.2 Å². The van der Waals surface area contributed by atoms with Gasteiger partial charge in [0.15, 0.2) is 0 Å². The minimum atomic E-state index is -0.193. The Kier molecular flexibility index (Phi) is 5.76. The molecule has 6 heteroatoms. The average Bonchev–Trinajstić information content (AvgIpc) is 2.94. The SMILES string of the molecule is O=C(C1CC2(CCNCC2)CN1)N1CCCN(Cc2ccc(F)cc2)CC1. The molecule has 2 N–H and O–H groups in total. The zero-order chi connectivity index (χ0) is 18.7. The molecule has 3 saturated heterocycles. The number of rotatable bonds is 3. The van der Waals surface area contributed by atoms with E-state index >= 15 is 0 Å². The Morgan fingerprint density at radius 1 is 1.11 bits per heavy atom. The minimum absolute atomic E-state index is 0.00764. The highest BCUT2D eigenvalue weighted by Gasteiger charge is 2.43. The second-order valence-corrected chi connectivity index (χ2v) is 8.47. The quantitative estimate of drug-likeness (QED) is 0.844. The molecular weight excluding hydrogens is 343 g/mol. The third-order valence-corrected chi connectivity index (χ3v) is 6.54. The summed E-state index contributed by atoms with van der Waals surface area (Å²) in [5, 5.41) is 6.95. The number of nitrogens with one attached hydrogen (secondary N) is 2. The van der Waals surface area contributed by atoms with Gasteiger partial charge in [0.2, 0.25) is 5.91 Å². The third kappa shape index (κ3) is 4.50. The number of carbonyl (C=O) groups excluding carboxylic acids is 1. The van der Waals surface area contributed by atoms with E-state index in [-0.39, 0.29) is 17.8 Å². The van der Waals surface area contributed by atoms with E-state index in [1.165, 1.54) is 25.0 Å². The van der Waals surface area contributed by atoms with Crippen molar-refractivity contribution in [3.63, 3.8) is 0 Å². The Bertz CT molecular complexity index is 644. The Morgan fingerprint density at radius 2 is 1.89 bits per heavy atom. The van der Waals surface area contributed by atoms with Crippen LogP contribution in [0.4, 0.5) is 4.39 Å². The fourth-order valence-electron chi connectivity index (χ4n) is 4.85. The molecule has 3 aliphatic rings. The predicted octanol–water partition coefficient (Wildman–Crippen LogP) is 1.59. The van der Waals surface area contributed by atoms with E-state index in [9.17, 15) is 9.18 Å². The number of piperidine rings is 1. The molecule has 1 aromatic carbocycles. The van der Waals surface area contributed by atoms with Crippen LogP contribution in [0.15, 0.2) is 24.3 Å².